The molecule has 0 bridgehead atoms. The predicted molar refractivity (Wildman–Crippen MR) is 59.2 cm³/mol. The number of hydrogen-bond acceptors (Lipinski definition) is 1. The van der Waals surface area contributed by atoms with E-state index in [1.165, 1.54) is 0 Å². The fraction of sp³-hybridized carbons (Fsp3) is 0. The Hall–Kier alpha value is -1.89. The van der Waals surface area contributed by atoms with Gasteiger partial charge in [-0.05, 0) is 18.2 Å². The number of benzene rings is 2. The van der Waals surface area contributed by atoms with E-state index in [-0.39, 0.29) is 24.2 Å². The summed E-state index contributed by atoms with van der Waals surface area (Å²) in [7, 11) is 0. The second kappa shape index (κ2) is 2.81. The van der Waals surface area contributed by atoms with Gasteiger partial charge in [0, 0.05) is 10.8 Å². The van der Waals surface area contributed by atoms with Crippen LogP contribution >= 0.6 is 0 Å². The fourth-order valence-corrected chi connectivity index (χ4v) is 1.48. The second-order valence-corrected chi connectivity index (χ2v) is 3.07. The van der Waals surface area contributed by atoms with Gasteiger partial charge in [-0.15, -0.1) is 0 Å². The van der Waals surface area contributed by atoms with Gasteiger partial charge in [0.05, 0.1) is 16.5 Å². The monoisotopic (exact) mass is 183 g/mol. The summed E-state index contributed by atoms with van der Waals surface area (Å²) in [5.74, 6) is 0. The molecule has 0 aliphatic heterocycles. The Kier molecular flexibility index (Phi) is 0.914. The van der Waals surface area contributed by atoms with Gasteiger partial charge >= 0.3 is 0 Å². The fourth-order valence-electron chi connectivity index (χ4n) is 1.48. The maximum atomic E-state index is 7.83. The zero-order valence-electron chi connectivity index (χ0n) is 11.3. The Morgan fingerprint density at radius 1 is 0.929 bits per heavy atom. The quantitative estimate of drug-likeness (QED) is 0.487. The van der Waals surface area contributed by atoms with E-state index in [0.717, 1.165) is 10.8 Å². The van der Waals surface area contributed by atoms with Gasteiger partial charge in [0.15, 0.2) is 0 Å². The van der Waals surface area contributed by atoms with Gasteiger partial charge in [0.1, 0.15) is 0 Å². The molecular formula is C13H9N. The van der Waals surface area contributed by atoms with Crippen LogP contribution in [-0.4, -0.2) is 4.98 Å². The van der Waals surface area contributed by atoms with E-state index in [1.54, 1.807) is 24.3 Å². The van der Waals surface area contributed by atoms with Gasteiger partial charge in [-0.2, -0.15) is 0 Å². The van der Waals surface area contributed by atoms with E-state index in [1.807, 2.05) is 6.07 Å². The third-order valence-electron chi connectivity index (χ3n) is 2.16. The first-order chi connectivity index (χ1) is 8.58. The van der Waals surface area contributed by atoms with E-state index in [9.17, 15) is 0 Å². The van der Waals surface area contributed by atoms with E-state index < -0.39 is 0 Å². The van der Waals surface area contributed by atoms with Crippen molar-refractivity contribution in [1.29, 1.82) is 0 Å². The lowest BCUT2D eigenvalue weighted by Gasteiger charge is -1.99. The van der Waals surface area contributed by atoms with Crippen molar-refractivity contribution in [3.05, 3.63) is 54.5 Å². The molecule has 0 aliphatic rings. The molecule has 0 spiro atoms. The first-order valence-corrected chi connectivity index (χ1v) is 4.35. The highest BCUT2D eigenvalue weighted by atomic mass is 14.7. The number of para-hydroxylation sites is 2. The number of hydrogen-bond donors (Lipinski definition) is 0. The summed E-state index contributed by atoms with van der Waals surface area (Å²) in [6.07, 6.45) is 0. The highest BCUT2D eigenvalue weighted by Gasteiger charge is 1.96. The van der Waals surface area contributed by atoms with Crippen molar-refractivity contribution in [3.63, 3.8) is 0 Å². The van der Waals surface area contributed by atoms with Gasteiger partial charge in [-0.25, -0.2) is 4.98 Å². The van der Waals surface area contributed by atoms with Crippen LogP contribution in [0, 0.1) is 0 Å². The molecule has 0 unspecified atom stereocenters. The average molecular weight is 183 g/mol. The highest BCUT2D eigenvalue weighted by molar-refractivity contribution is 5.92. The van der Waals surface area contributed by atoms with E-state index in [2.05, 4.69) is 4.98 Å². The average Bonchev–Trinajstić information content (AvgIpc) is 2.37. The Labute approximate surface area is 87.6 Å². The third kappa shape index (κ3) is 1.06. The number of fused-ring (bicyclic) bond motifs is 2. The first kappa shape index (κ1) is 4.56. The summed E-state index contributed by atoms with van der Waals surface area (Å²) in [6, 6.07) is 8.82. The third-order valence-corrected chi connectivity index (χ3v) is 2.16. The van der Waals surface area contributed by atoms with Crippen LogP contribution in [0.4, 0.5) is 0 Å². The van der Waals surface area contributed by atoms with Crippen LogP contribution in [0.3, 0.4) is 0 Å². The van der Waals surface area contributed by atoms with Gasteiger partial charge in [0.2, 0.25) is 0 Å². The van der Waals surface area contributed by atoms with Crippen LogP contribution in [0.1, 0.15) is 5.48 Å². The summed E-state index contributed by atoms with van der Waals surface area (Å²) in [5, 5.41) is 1.56. The molecule has 0 atom stereocenters. The first-order valence-electron chi connectivity index (χ1n) is 6.35. The van der Waals surface area contributed by atoms with Crippen molar-refractivity contribution in [2.75, 3.05) is 0 Å². The van der Waals surface area contributed by atoms with Crippen LogP contribution in [0.2, 0.25) is 0 Å². The molecule has 0 saturated heterocycles. The topological polar surface area (TPSA) is 12.9 Å². The van der Waals surface area contributed by atoms with Gasteiger partial charge in [-0.1, -0.05) is 36.4 Å². The second-order valence-electron chi connectivity index (χ2n) is 3.07. The molecule has 1 aromatic heterocycles. The van der Waals surface area contributed by atoms with Crippen LogP contribution in [0.25, 0.3) is 21.8 Å². The summed E-state index contributed by atoms with van der Waals surface area (Å²) in [6.45, 7) is 0. The lowest BCUT2D eigenvalue weighted by Crippen LogP contribution is -1.80. The Balaban J connectivity index is 2.52. The highest BCUT2D eigenvalue weighted by Crippen LogP contribution is 2.18. The van der Waals surface area contributed by atoms with Crippen molar-refractivity contribution in [2.45, 2.75) is 0 Å². The minimum absolute atomic E-state index is 0.0594. The molecule has 1 heterocycles. The Morgan fingerprint density at radius 3 is 2.07 bits per heavy atom. The number of aromatic nitrogens is 1. The maximum absolute atomic E-state index is 7.83. The molecule has 14 heavy (non-hydrogen) atoms. The zero-order chi connectivity index (χ0) is 12.9. The molecule has 0 N–H and O–H groups in total. The molecule has 0 amide bonds. The lowest BCUT2D eigenvalue weighted by molar-refractivity contribution is 1.50. The predicted octanol–water partition coefficient (Wildman–Crippen LogP) is 3.39. The molecule has 1 nitrogen and oxygen atoms in total. The van der Waals surface area contributed by atoms with Crippen molar-refractivity contribution in [3.8, 4) is 0 Å². The Morgan fingerprint density at radius 2 is 1.50 bits per heavy atom. The van der Waals surface area contributed by atoms with Crippen LogP contribution in [0.5, 0.6) is 0 Å². The maximum Gasteiger partial charge on any atom is 0.0709 e. The number of pyridine rings is 1. The minimum Gasteiger partial charge on any atom is -0.248 e. The van der Waals surface area contributed by atoms with Gasteiger partial charge < -0.3 is 0 Å². The molecule has 66 valence electrons. The summed E-state index contributed by atoms with van der Waals surface area (Å²) in [5.41, 5.74) is 0.822. The zero-order valence-corrected chi connectivity index (χ0v) is 7.33. The van der Waals surface area contributed by atoms with E-state index >= 15 is 0 Å². The normalized spacial score (nSPS) is 14.9. The molecule has 1 heteroatoms. The standard InChI is InChI=1S/C13H9N/c1-3-7-12-10(5-1)9-11-6-2-4-8-13(11)14-12/h1-9H/i3D,4D,7D,8D. The molecule has 2 aromatic carbocycles. The summed E-state index contributed by atoms with van der Waals surface area (Å²) in [4.78, 5) is 4.28. The molecule has 0 aliphatic carbocycles. The molecule has 0 fully saturated rings. The molecule has 0 saturated carbocycles. The largest absolute Gasteiger partial charge is 0.248 e. The van der Waals surface area contributed by atoms with Crippen LogP contribution in [-0.2, 0) is 0 Å². The summed E-state index contributed by atoms with van der Waals surface area (Å²) < 4.78 is 30.8. The molecule has 3 rings (SSSR count). The van der Waals surface area contributed by atoms with Crippen molar-refractivity contribution < 1.29 is 5.48 Å². The van der Waals surface area contributed by atoms with Crippen LogP contribution < -0.4 is 0 Å². The molecular weight excluding hydrogens is 170 g/mol. The minimum atomic E-state index is 0.0594. The van der Waals surface area contributed by atoms with E-state index in [4.69, 9.17) is 5.48 Å². The molecule has 0 radical (unpaired) electrons. The van der Waals surface area contributed by atoms with Gasteiger partial charge in [0.25, 0.3) is 0 Å². The lowest BCUT2D eigenvalue weighted by atomic mass is 10.1. The van der Waals surface area contributed by atoms with Crippen molar-refractivity contribution in [2.24, 2.45) is 0 Å². The number of rotatable bonds is 0. The van der Waals surface area contributed by atoms with Crippen molar-refractivity contribution >= 4 is 21.8 Å². The Bertz CT molecular complexity index is 720. The molecule has 3 aromatic rings. The van der Waals surface area contributed by atoms with Crippen LogP contribution in [0.15, 0.2) is 54.5 Å². The SMILES string of the molecule is [2H]c1ccc2cc3ccc([2H])c([2H])c3nc2c1[2H]. The van der Waals surface area contributed by atoms with Crippen molar-refractivity contribution in [1.82, 2.24) is 4.98 Å². The van der Waals surface area contributed by atoms with Gasteiger partial charge in [-0.3, -0.25) is 0 Å². The summed E-state index contributed by atoms with van der Waals surface area (Å²) >= 11 is 0. The smallest absolute Gasteiger partial charge is 0.0709 e. The van der Waals surface area contributed by atoms with E-state index in [0.29, 0.717) is 11.0 Å². The number of nitrogens with zero attached hydrogens (tertiary/aromatic N) is 1.